The zero-order valence-electron chi connectivity index (χ0n) is 10.4. The molecule has 18 heavy (non-hydrogen) atoms. The van der Waals surface area contributed by atoms with Crippen LogP contribution < -0.4 is 5.73 Å². The second-order valence-electron chi connectivity index (χ2n) is 4.44. The minimum absolute atomic E-state index is 0.836. The molecule has 96 valence electrons. The minimum atomic E-state index is 0.836. The second-order valence-corrected chi connectivity index (χ2v) is 6.99. The molecule has 1 heterocycles. The number of nitrogens with zero attached hydrogens (tertiary/aromatic N) is 1. The van der Waals surface area contributed by atoms with E-state index >= 15 is 0 Å². The summed E-state index contributed by atoms with van der Waals surface area (Å²) in [5, 5.41) is 0. The summed E-state index contributed by atoms with van der Waals surface area (Å²) >= 11 is 5.30. The Bertz CT molecular complexity index is 510. The first-order valence-corrected chi connectivity index (χ1v) is 7.51. The molecule has 0 bridgehead atoms. The van der Waals surface area contributed by atoms with Crippen LogP contribution in [0.15, 0.2) is 40.2 Å². The number of hydrogen-bond donors (Lipinski definition) is 1. The van der Waals surface area contributed by atoms with Crippen LogP contribution in [-0.4, -0.2) is 18.5 Å². The summed E-state index contributed by atoms with van der Waals surface area (Å²) in [7, 11) is 2.14. The highest BCUT2D eigenvalue weighted by molar-refractivity contribution is 9.11. The van der Waals surface area contributed by atoms with E-state index in [1.54, 1.807) is 0 Å². The van der Waals surface area contributed by atoms with Gasteiger partial charge in [0.15, 0.2) is 0 Å². The molecule has 0 spiro atoms. The lowest BCUT2D eigenvalue weighted by molar-refractivity contribution is 0.332. The minimum Gasteiger partial charge on any atom is -0.399 e. The zero-order chi connectivity index (χ0) is 13.0. The fourth-order valence-electron chi connectivity index (χ4n) is 1.87. The molecule has 0 aliphatic heterocycles. The third kappa shape index (κ3) is 4.12. The van der Waals surface area contributed by atoms with E-state index < -0.39 is 0 Å². The Labute approximate surface area is 121 Å². The van der Waals surface area contributed by atoms with Crippen LogP contribution in [0.4, 0.5) is 5.69 Å². The molecule has 0 aliphatic rings. The Hall–Kier alpha value is -0.840. The van der Waals surface area contributed by atoms with Crippen molar-refractivity contribution in [2.45, 2.75) is 13.0 Å². The van der Waals surface area contributed by atoms with E-state index in [1.165, 1.54) is 14.2 Å². The monoisotopic (exact) mass is 324 g/mol. The van der Waals surface area contributed by atoms with Crippen LogP contribution in [0, 0.1) is 0 Å². The molecule has 0 fully saturated rings. The SMILES string of the molecule is CN(CCc1ccc(Br)s1)Cc1cccc(N)c1. The first-order chi connectivity index (χ1) is 8.63. The van der Waals surface area contributed by atoms with Crippen LogP contribution in [0.5, 0.6) is 0 Å². The average molecular weight is 325 g/mol. The van der Waals surface area contributed by atoms with Gasteiger partial charge in [-0.3, -0.25) is 0 Å². The molecule has 0 amide bonds. The number of likely N-dealkylation sites (N-methyl/N-ethyl adjacent to an activating group) is 1. The highest BCUT2D eigenvalue weighted by atomic mass is 79.9. The molecule has 2 nitrogen and oxygen atoms in total. The van der Waals surface area contributed by atoms with Crippen molar-refractivity contribution in [3.8, 4) is 0 Å². The highest BCUT2D eigenvalue weighted by Gasteiger charge is 2.03. The summed E-state index contributed by atoms with van der Waals surface area (Å²) in [6.45, 7) is 2.00. The number of nitrogens with two attached hydrogens (primary N) is 1. The van der Waals surface area contributed by atoms with Gasteiger partial charge in [-0.2, -0.15) is 0 Å². The molecule has 0 atom stereocenters. The van der Waals surface area contributed by atoms with E-state index in [2.05, 4.69) is 46.1 Å². The average Bonchev–Trinajstić information content (AvgIpc) is 2.73. The van der Waals surface area contributed by atoms with Gasteiger partial charge < -0.3 is 10.6 Å². The molecular weight excluding hydrogens is 308 g/mol. The lowest BCUT2D eigenvalue weighted by Gasteiger charge is -2.16. The number of nitrogen functional groups attached to an aromatic ring is 1. The van der Waals surface area contributed by atoms with Gasteiger partial charge in [-0.25, -0.2) is 0 Å². The van der Waals surface area contributed by atoms with Gasteiger partial charge in [0.25, 0.3) is 0 Å². The standard InChI is InChI=1S/C14H17BrN2S/c1-17(8-7-13-5-6-14(15)18-13)10-11-3-2-4-12(16)9-11/h2-6,9H,7-8,10,16H2,1H3. The van der Waals surface area contributed by atoms with Crippen LogP contribution in [0.3, 0.4) is 0 Å². The highest BCUT2D eigenvalue weighted by Crippen LogP contribution is 2.22. The molecular formula is C14H17BrN2S. The number of benzene rings is 1. The quantitative estimate of drug-likeness (QED) is 0.848. The summed E-state index contributed by atoms with van der Waals surface area (Å²) in [6, 6.07) is 12.4. The fourth-order valence-corrected chi connectivity index (χ4v) is 3.34. The van der Waals surface area contributed by atoms with Crippen molar-refractivity contribution in [2.75, 3.05) is 19.3 Å². The second kappa shape index (κ2) is 6.36. The third-order valence-electron chi connectivity index (χ3n) is 2.77. The molecule has 2 aromatic rings. The normalized spacial score (nSPS) is 11.1. The molecule has 1 aromatic carbocycles. The Morgan fingerprint density at radius 3 is 2.78 bits per heavy atom. The lowest BCUT2D eigenvalue weighted by Crippen LogP contribution is -2.20. The number of thiophene rings is 1. The molecule has 2 N–H and O–H groups in total. The summed E-state index contributed by atoms with van der Waals surface area (Å²) in [4.78, 5) is 3.74. The van der Waals surface area contributed by atoms with E-state index in [9.17, 15) is 0 Å². The number of halogens is 1. The zero-order valence-corrected chi connectivity index (χ0v) is 12.8. The van der Waals surface area contributed by atoms with Crippen LogP contribution in [-0.2, 0) is 13.0 Å². The van der Waals surface area contributed by atoms with Gasteiger partial charge in [-0.05, 0) is 59.2 Å². The molecule has 0 radical (unpaired) electrons. The molecule has 0 saturated carbocycles. The van der Waals surface area contributed by atoms with Crippen molar-refractivity contribution in [3.63, 3.8) is 0 Å². The number of anilines is 1. The summed E-state index contributed by atoms with van der Waals surface area (Å²) in [5.41, 5.74) is 7.88. The van der Waals surface area contributed by atoms with Crippen LogP contribution in [0.25, 0.3) is 0 Å². The molecule has 4 heteroatoms. The van der Waals surface area contributed by atoms with Crippen molar-refractivity contribution >= 4 is 33.0 Å². The number of hydrogen-bond acceptors (Lipinski definition) is 3. The van der Waals surface area contributed by atoms with E-state index in [1.807, 2.05) is 29.5 Å². The summed E-state index contributed by atoms with van der Waals surface area (Å²) in [6.07, 6.45) is 1.09. The van der Waals surface area contributed by atoms with Gasteiger partial charge in [-0.1, -0.05) is 12.1 Å². The predicted molar refractivity (Wildman–Crippen MR) is 82.9 cm³/mol. The molecule has 0 unspecified atom stereocenters. The Morgan fingerprint density at radius 1 is 1.28 bits per heavy atom. The Balaban J connectivity index is 1.83. The van der Waals surface area contributed by atoms with Gasteiger partial charge in [0.1, 0.15) is 0 Å². The van der Waals surface area contributed by atoms with E-state index in [-0.39, 0.29) is 0 Å². The Morgan fingerprint density at radius 2 is 2.11 bits per heavy atom. The third-order valence-corrected chi connectivity index (χ3v) is 4.46. The maximum Gasteiger partial charge on any atom is 0.0701 e. The number of rotatable bonds is 5. The lowest BCUT2D eigenvalue weighted by atomic mass is 10.2. The maximum absolute atomic E-state index is 5.78. The van der Waals surface area contributed by atoms with Crippen molar-refractivity contribution in [3.05, 3.63) is 50.6 Å². The van der Waals surface area contributed by atoms with Crippen molar-refractivity contribution < 1.29 is 0 Å². The first-order valence-electron chi connectivity index (χ1n) is 5.90. The Kier molecular flexibility index (Phi) is 4.80. The van der Waals surface area contributed by atoms with Crippen molar-refractivity contribution in [1.29, 1.82) is 0 Å². The van der Waals surface area contributed by atoms with Crippen molar-refractivity contribution in [1.82, 2.24) is 4.90 Å². The van der Waals surface area contributed by atoms with E-state index in [4.69, 9.17) is 5.73 Å². The molecule has 0 aliphatic carbocycles. The van der Waals surface area contributed by atoms with Crippen LogP contribution >= 0.6 is 27.3 Å². The van der Waals surface area contributed by atoms with Crippen molar-refractivity contribution in [2.24, 2.45) is 0 Å². The van der Waals surface area contributed by atoms with Gasteiger partial charge in [0.2, 0.25) is 0 Å². The fraction of sp³-hybridized carbons (Fsp3) is 0.286. The molecule has 0 saturated heterocycles. The first kappa shape index (κ1) is 13.6. The van der Waals surface area contributed by atoms with Gasteiger partial charge in [0.05, 0.1) is 3.79 Å². The largest absolute Gasteiger partial charge is 0.399 e. The smallest absolute Gasteiger partial charge is 0.0701 e. The molecule has 2 rings (SSSR count). The van der Waals surface area contributed by atoms with Gasteiger partial charge in [-0.15, -0.1) is 11.3 Å². The molecule has 1 aromatic heterocycles. The summed E-state index contributed by atoms with van der Waals surface area (Å²) in [5.74, 6) is 0. The maximum atomic E-state index is 5.78. The van der Waals surface area contributed by atoms with E-state index in [0.29, 0.717) is 0 Å². The van der Waals surface area contributed by atoms with E-state index in [0.717, 1.165) is 25.2 Å². The summed E-state index contributed by atoms with van der Waals surface area (Å²) < 4.78 is 1.20. The van der Waals surface area contributed by atoms with Gasteiger partial charge in [0, 0.05) is 23.7 Å². The topological polar surface area (TPSA) is 29.3 Å². The van der Waals surface area contributed by atoms with Crippen LogP contribution in [0.2, 0.25) is 0 Å². The predicted octanol–water partition coefficient (Wildman–Crippen LogP) is 3.77. The van der Waals surface area contributed by atoms with Gasteiger partial charge >= 0.3 is 0 Å². The van der Waals surface area contributed by atoms with Crippen LogP contribution in [0.1, 0.15) is 10.4 Å².